The predicted molar refractivity (Wildman–Crippen MR) is 81.8 cm³/mol. The number of carboxylic acid groups (broad SMARTS) is 1. The van der Waals surface area contributed by atoms with Crippen LogP contribution in [0.15, 0.2) is 28.7 Å². The number of halogens is 2. The minimum Gasteiger partial charge on any atom is -0.478 e. The van der Waals surface area contributed by atoms with Crippen molar-refractivity contribution in [2.75, 3.05) is 0 Å². The third-order valence-electron chi connectivity index (χ3n) is 3.22. The van der Waals surface area contributed by atoms with E-state index in [1.807, 2.05) is 0 Å². The summed E-state index contributed by atoms with van der Waals surface area (Å²) in [5.74, 6) is -0.238. The van der Waals surface area contributed by atoms with E-state index in [1.54, 1.807) is 26.8 Å². The molecule has 21 heavy (non-hydrogen) atoms. The van der Waals surface area contributed by atoms with E-state index in [9.17, 15) is 9.18 Å². The summed E-state index contributed by atoms with van der Waals surface area (Å²) >= 11 is 3.36. The molecule has 3 nitrogen and oxygen atoms in total. The SMILES string of the molecule is Cc1cc(F)cc(C)c1Oc1ccc(C(=O)O)c(C)c1Br. The van der Waals surface area contributed by atoms with Crippen LogP contribution >= 0.6 is 15.9 Å². The molecule has 0 aromatic heterocycles. The second-order valence-electron chi connectivity index (χ2n) is 4.83. The summed E-state index contributed by atoms with van der Waals surface area (Å²) in [6, 6.07) is 5.87. The van der Waals surface area contributed by atoms with Crippen LogP contribution in [-0.4, -0.2) is 11.1 Å². The quantitative estimate of drug-likeness (QED) is 0.844. The average molecular weight is 353 g/mol. The molecule has 0 radical (unpaired) electrons. The molecule has 0 heterocycles. The maximum Gasteiger partial charge on any atom is 0.335 e. The van der Waals surface area contributed by atoms with Crippen LogP contribution in [0.2, 0.25) is 0 Å². The lowest BCUT2D eigenvalue weighted by atomic mass is 10.1. The molecule has 2 rings (SSSR count). The van der Waals surface area contributed by atoms with Crippen LogP contribution in [0.3, 0.4) is 0 Å². The summed E-state index contributed by atoms with van der Waals surface area (Å²) in [6.45, 7) is 5.22. The molecule has 0 fully saturated rings. The molecule has 5 heteroatoms. The first-order valence-corrected chi connectivity index (χ1v) is 7.07. The van der Waals surface area contributed by atoms with Gasteiger partial charge in [-0.25, -0.2) is 9.18 Å². The molecule has 2 aromatic carbocycles. The lowest BCUT2D eigenvalue weighted by molar-refractivity contribution is 0.0696. The standard InChI is InChI=1S/C16H14BrFO3/c1-8-6-11(18)7-9(2)15(8)21-13-5-4-12(16(19)20)10(3)14(13)17/h4-7H,1-3H3,(H,19,20). The number of benzene rings is 2. The first-order chi connectivity index (χ1) is 9.81. The molecule has 1 N–H and O–H groups in total. The van der Waals surface area contributed by atoms with E-state index in [0.717, 1.165) is 0 Å². The molecule has 0 unspecified atom stereocenters. The predicted octanol–water partition coefficient (Wildman–Crippen LogP) is 5.00. The molecule has 110 valence electrons. The maximum atomic E-state index is 13.3. The van der Waals surface area contributed by atoms with Crippen molar-refractivity contribution >= 4 is 21.9 Å². The maximum absolute atomic E-state index is 13.3. The number of rotatable bonds is 3. The van der Waals surface area contributed by atoms with Gasteiger partial charge in [0, 0.05) is 0 Å². The number of carboxylic acids is 1. The second-order valence-corrected chi connectivity index (χ2v) is 5.62. The Kier molecular flexibility index (Phi) is 4.32. The molecule has 0 saturated carbocycles. The van der Waals surface area contributed by atoms with Crippen molar-refractivity contribution in [3.05, 3.63) is 56.8 Å². The fourth-order valence-electron chi connectivity index (χ4n) is 2.14. The fourth-order valence-corrected chi connectivity index (χ4v) is 2.57. The highest BCUT2D eigenvalue weighted by Crippen LogP contribution is 2.36. The first kappa shape index (κ1) is 15.5. The van der Waals surface area contributed by atoms with E-state index >= 15 is 0 Å². The van der Waals surface area contributed by atoms with Gasteiger partial charge in [0.15, 0.2) is 0 Å². The highest BCUT2D eigenvalue weighted by Gasteiger charge is 2.15. The molecule has 0 atom stereocenters. The summed E-state index contributed by atoms with van der Waals surface area (Å²) < 4.78 is 19.7. The van der Waals surface area contributed by atoms with Crippen molar-refractivity contribution in [1.29, 1.82) is 0 Å². The van der Waals surface area contributed by atoms with Gasteiger partial charge in [-0.1, -0.05) is 0 Å². The summed E-state index contributed by atoms with van der Waals surface area (Å²) in [6.07, 6.45) is 0. The summed E-state index contributed by atoms with van der Waals surface area (Å²) in [5, 5.41) is 9.09. The third kappa shape index (κ3) is 3.08. The fraction of sp³-hybridized carbons (Fsp3) is 0.188. The molecular weight excluding hydrogens is 339 g/mol. The zero-order valence-electron chi connectivity index (χ0n) is 11.8. The van der Waals surface area contributed by atoms with Gasteiger partial charge in [-0.2, -0.15) is 0 Å². The highest BCUT2D eigenvalue weighted by molar-refractivity contribution is 9.10. The van der Waals surface area contributed by atoms with E-state index in [1.165, 1.54) is 18.2 Å². The Bertz CT molecular complexity index is 703. The molecule has 0 aliphatic heterocycles. The first-order valence-electron chi connectivity index (χ1n) is 6.28. The van der Waals surface area contributed by atoms with Gasteiger partial charge in [0.2, 0.25) is 0 Å². The molecule has 0 bridgehead atoms. The average Bonchev–Trinajstić information content (AvgIpc) is 2.38. The lowest BCUT2D eigenvalue weighted by Crippen LogP contribution is -2.01. The topological polar surface area (TPSA) is 46.5 Å². The molecule has 0 aliphatic rings. The van der Waals surface area contributed by atoms with E-state index < -0.39 is 5.97 Å². The van der Waals surface area contributed by atoms with Gasteiger partial charge in [0.05, 0.1) is 10.0 Å². The zero-order chi connectivity index (χ0) is 15.7. The van der Waals surface area contributed by atoms with Crippen molar-refractivity contribution in [1.82, 2.24) is 0 Å². The Labute approximate surface area is 130 Å². The molecule has 2 aromatic rings. The second kappa shape index (κ2) is 5.85. The van der Waals surface area contributed by atoms with Gasteiger partial charge < -0.3 is 9.84 Å². The van der Waals surface area contributed by atoms with Crippen LogP contribution < -0.4 is 4.74 Å². The Morgan fingerprint density at radius 1 is 1.19 bits per heavy atom. The third-order valence-corrected chi connectivity index (χ3v) is 4.20. The van der Waals surface area contributed by atoms with Gasteiger partial charge in [-0.15, -0.1) is 0 Å². The lowest BCUT2D eigenvalue weighted by Gasteiger charge is -2.15. The van der Waals surface area contributed by atoms with Crippen LogP contribution in [0, 0.1) is 26.6 Å². The van der Waals surface area contributed by atoms with E-state index in [2.05, 4.69) is 15.9 Å². The number of aryl methyl sites for hydroxylation is 2. The van der Waals surface area contributed by atoms with Crippen LogP contribution in [0.4, 0.5) is 4.39 Å². The van der Waals surface area contributed by atoms with Crippen LogP contribution in [0.25, 0.3) is 0 Å². The minimum absolute atomic E-state index is 0.210. The van der Waals surface area contributed by atoms with E-state index in [4.69, 9.17) is 9.84 Å². The Hall–Kier alpha value is -1.88. The van der Waals surface area contributed by atoms with Crippen LogP contribution in [-0.2, 0) is 0 Å². The molecule has 0 spiro atoms. The molecular formula is C16H14BrFO3. The smallest absolute Gasteiger partial charge is 0.335 e. The Balaban J connectivity index is 2.46. The van der Waals surface area contributed by atoms with Gasteiger partial charge in [0.25, 0.3) is 0 Å². The highest BCUT2D eigenvalue weighted by atomic mass is 79.9. The van der Waals surface area contributed by atoms with Crippen molar-refractivity contribution in [3.63, 3.8) is 0 Å². The number of carbonyl (C=O) groups is 1. The minimum atomic E-state index is -0.992. The number of aromatic carboxylic acids is 1. The zero-order valence-corrected chi connectivity index (χ0v) is 13.4. The van der Waals surface area contributed by atoms with Gasteiger partial charge >= 0.3 is 5.97 Å². The van der Waals surface area contributed by atoms with E-state index in [0.29, 0.717) is 32.7 Å². The summed E-state index contributed by atoms with van der Waals surface area (Å²) in [5.41, 5.74) is 2.15. The number of hydrogen-bond donors (Lipinski definition) is 1. The van der Waals surface area contributed by atoms with Crippen molar-refractivity contribution in [2.24, 2.45) is 0 Å². The Morgan fingerprint density at radius 3 is 2.29 bits per heavy atom. The number of ether oxygens (including phenoxy) is 1. The van der Waals surface area contributed by atoms with Crippen LogP contribution in [0.5, 0.6) is 11.5 Å². The summed E-state index contributed by atoms with van der Waals surface area (Å²) in [7, 11) is 0. The van der Waals surface area contributed by atoms with E-state index in [-0.39, 0.29) is 11.4 Å². The normalized spacial score (nSPS) is 10.5. The molecule has 0 aliphatic carbocycles. The molecule has 0 amide bonds. The molecule has 0 saturated heterocycles. The van der Waals surface area contributed by atoms with Gasteiger partial charge in [-0.05, 0) is 77.7 Å². The number of hydrogen-bond acceptors (Lipinski definition) is 2. The van der Waals surface area contributed by atoms with Crippen molar-refractivity contribution in [3.8, 4) is 11.5 Å². The summed E-state index contributed by atoms with van der Waals surface area (Å²) in [4.78, 5) is 11.1. The van der Waals surface area contributed by atoms with Crippen LogP contribution in [0.1, 0.15) is 27.0 Å². The van der Waals surface area contributed by atoms with Crippen molar-refractivity contribution < 1.29 is 19.0 Å². The van der Waals surface area contributed by atoms with Gasteiger partial charge in [0.1, 0.15) is 17.3 Å². The van der Waals surface area contributed by atoms with Gasteiger partial charge in [-0.3, -0.25) is 0 Å². The van der Waals surface area contributed by atoms with Crippen molar-refractivity contribution in [2.45, 2.75) is 20.8 Å². The Morgan fingerprint density at radius 2 is 1.76 bits per heavy atom. The monoisotopic (exact) mass is 352 g/mol. The largest absolute Gasteiger partial charge is 0.478 e.